The Morgan fingerprint density at radius 3 is 2.46 bits per heavy atom. The maximum absolute atomic E-state index is 12.4. The van der Waals surface area contributed by atoms with Crippen molar-refractivity contribution in [3.8, 4) is 0 Å². The second kappa shape index (κ2) is 7.64. The lowest BCUT2D eigenvalue weighted by atomic mass is 9.67. The fourth-order valence-electron chi connectivity index (χ4n) is 3.54. The summed E-state index contributed by atoms with van der Waals surface area (Å²) in [6.45, 7) is 3.57. The predicted octanol–water partition coefficient (Wildman–Crippen LogP) is 0.608. The summed E-state index contributed by atoms with van der Waals surface area (Å²) in [4.78, 5) is 12.4. The van der Waals surface area contributed by atoms with Crippen molar-refractivity contribution in [2.75, 3.05) is 19.6 Å². The van der Waals surface area contributed by atoms with Crippen molar-refractivity contribution in [3.63, 3.8) is 0 Å². The molecule has 2 atom stereocenters. The van der Waals surface area contributed by atoms with Crippen LogP contribution in [0.25, 0.3) is 0 Å². The van der Waals surface area contributed by atoms with Crippen LogP contribution in [0.15, 0.2) is 29.2 Å². The molecule has 4 N–H and O–H groups in total. The Labute approximate surface area is 154 Å². The molecule has 144 valence electrons. The fourth-order valence-corrected chi connectivity index (χ4v) is 4.81. The number of β-amino-alcohol motifs (C(OH)–C–C–N with tert-alkyl or cyclic N) is 1. The van der Waals surface area contributed by atoms with Gasteiger partial charge < -0.3 is 15.7 Å². The molecule has 7 nitrogen and oxygen atoms in total. The highest BCUT2D eigenvalue weighted by molar-refractivity contribution is 7.89. The molecule has 1 aromatic carbocycles. The van der Waals surface area contributed by atoms with Crippen LogP contribution >= 0.6 is 0 Å². The van der Waals surface area contributed by atoms with Crippen molar-refractivity contribution < 1.29 is 18.3 Å². The van der Waals surface area contributed by atoms with Crippen molar-refractivity contribution in [2.24, 2.45) is 5.41 Å². The first-order valence-corrected chi connectivity index (χ1v) is 10.6. The number of hydrogen-bond donors (Lipinski definition) is 4. The third kappa shape index (κ3) is 4.09. The van der Waals surface area contributed by atoms with Crippen molar-refractivity contribution in [2.45, 2.75) is 49.6 Å². The molecule has 8 heteroatoms. The van der Waals surface area contributed by atoms with Crippen molar-refractivity contribution >= 4 is 15.9 Å². The van der Waals surface area contributed by atoms with Crippen LogP contribution in [0.3, 0.4) is 0 Å². The van der Waals surface area contributed by atoms with Crippen molar-refractivity contribution in [1.82, 2.24) is 15.4 Å². The smallest absolute Gasteiger partial charge is 0.251 e. The molecule has 1 aliphatic heterocycles. The minimum absolute atomic E-state index is 0.0807. The highest BCUT2D eigenvalue weighted by Crippen LogP contribution is 2.43. The van der Waals surface area contributed by atoms with E-state index in [4.69, 9.17) is 0 Å². The van der Waals surface area contributed by atoms with Gasteiger partial charge in [0.25, 0.3) is 5.91 Å². The van der Waals surface area contributed by atoms with Gasteiger partial charge in [-0.2, -0.15) is 0 Å². The van der Waals surface area contributed by atoms with E-state index in [1.807, 2.05) is 0 Å². The number of sulfonamides is 1. The zero-order chi connectivity index (χ0) is 18.8. The molecule has 0 spiro atoms. The molecule has 3 rings (SSSR count). The lowest BCUT2D eigenvalue weighted by Crippen LogP contribution is -2.42. The second-order valence-electron chi connectivity index (χ2n) is 7.37. The molecule has 1 saturated heterocycles. The number of benzene rings is 1. The summed E-state index contributed by atoms with van der Waals surface area (Å²) in [5, 5.41) is 15.6. The van der Waals surface area contributed by atoms with Gasteiger partial charge in [0.15, 0.2) is 0 Å². The summed E-state index contributed by atoms with van der Waals surface area (Å²) in [7, 11) is -3.74. The van der Waals surface area contributed by atoms with Crippen LogP contribution in [0.1, 0.15) is 43.0 Å². The van der Waals surface area contributed by atoms with Gasteiger partial charge in [-0.25, -0.2) is 13.1 Å². The first-order chi connectivity index (χ1) is 12.4. The molecular formula is C18H27N3O4S. The molecule has 0 aromatic heterocycles. The van der Waals surface area contributed by atoms with Crippen LogP contribution in [0, 0.1) is 5.41 Å². The number of carbonyl (C=O) groups excluding carboxylic acids is 1. The largest absolute Gasteiger partial charge is 0.390 e. The second-order valence-corrected chi connectivity index (χ2v) is 9.08. The molecule has 2 aliphatic rings. The minimum atomic E-state index is -3.74. The molecule has 1 amide bonds. The van der Waals surface area contributed by atoms with E-state index >= 15 is 0 Å². The van der Waals surface area contributed by atoms with Crippen molar-refractivity contribution in [3.05, 3.63) is 29.8 Å². The summed E-state index contributed by atoms with van der Waals surface area (Å²) < 4.78 is 27.3. The molecule has 26 heavy (non-hydrogen) atoms. The summed E-state index contributed by atoms with van der Waals surface area (Å²) in [5.74, 6) is -0.183. The number of carbonyl (C=O) groups is 1. The number of nitrogens with one attached hydrogen (secondary N) is 3. The van der Waals surface area contributed by atoms with Gasteiger partial charge in [0, 0.05) is 25.2 Å². The van der Waals surface area contributed by atoms with E-state index < -0.39 is 22.2 Å². The Kier molecular flexibility index (Phi) is 5.67. The number of hydrogen-bond acceptors (Lipinski definition) is 5. The van der Waals surface area contributed by atoms with E-state index in [0.29, 0.717) is 25.2 Å². The molecule has 1 aromatic rings. The maximum Gasteiger partial charge on any atom is 0.251 e. The van der Waals surface area contributed by atoms with Gasteiger partial charge in [-0.1, -0.05) is 13.3 Å². The standard InChI is InChI=1S/C18H27N3O4S/c1-2-18(8-3-9-18)12-20-17(23)13-4-6-14(7-5-13)26(24,25)21-15-10-19-11-16(15)22/h4-7,15-16,19,21-22H,2-3,8-12H2,1H3,(H,20,23)/t15-,16-/m1/s1. The summed E-state index contributed by atoms with van der Waals surface area (Å²) >= 11 is 0. The predicted molar refractivity (Wildman–Crippen MR) is 98.3 cm³/mol. The topological polar surface area (TPSA) is 108 Å². The molecule has 0 bridgehead atoms. The van der Waals surface area contributed by atoms with Gasteiger partial charge in [0.2, 0.25) is 10.0 Å². The number of aliphatic hydroxyl groups is 1. The van der Waals surface area contributed by atoms with E-state index in [1.54, 1.807) is 0 Å². The first kappa shape index (κ1) is 19.3. The van der Waals surface area contributed by atoms with Gasteiger partial charge in [0.05, 0.1) is 17.0 Å². The average Bonchev–Trinajstić information content (AvgIpc) is 2.98. The zero-order valence-electron chi connectivity index (χ0n) is 15.0. The summed E-state index contributed by atoms with van der Waals surface area (Å²) in [6.07, 6.45) is 3.82. The lowest BCUT2D eigenvalue weighted by Gasteiger charge is -2.41. The minimum Gasteiger partial charge on any atom is -0.390 e. The summed E-state index contributed by atoms with van der Waals surface area (Å²) in [5.41, 5.74) is 0.677. The fraction of sp³-hybridized carbons (Fsp3) is 0.611. The van der Waals surface area contributed by atoms with E-state index in [-0.39, 0.29) is 16.2 Å². The van der Waals surface area contributed by atoms with Crippen LogP contribution in [0.5, 0.6) is 0 Å². The maximum atomic E-state index is 12.4. The van der Waals surface area contributed by atoms with Gasteiger partial charge in [-0.05, 0) is 48.9 Å². The Morgan fingerprint density at radius 2 is 1.96 bits per heavy atom. The molecule has 0 unspecified atom stereocenters. The molecule has 1 aliphatic carbocycles. The Morgan fingerprint density at radius 1 is 1.27 bits per heavy atom. The highest BCUT2D eigenvalue weighted by atomic mass is 32.2. The van der Waals surface area contributed by atoms with Gasteiger partial charge >= 0.3 is 0 Å². The van der Waals surface area contributed by atoms with Crippen LogP contribution in [-0.2, 0) is 10.0 Å². The monoisotopic (exact) mass is 381 g/mol. The molecule has 1 saturated carbocycles. The van der Waals surface area contributed by atoms with E-state index in [0.717, 1.165) is 19.3 Å². The Bertz CT molecular complexity index is 739. The van der Waals surface area contributed by atoms with E-state index in [9.17, 15) is 18.3 Å². The first-order valence-electron chi connectivity index (χ1n) is 9.15. The van der Waals surface area contributed by atoms with Crippen molar-refractivity contribution in [1.29, 1.82) is 0 Å². The molecule has 2 fully saturated rings. The van der Waals surface area contributed by atoms with E-state index in [2.05, 4.69) is 22.3 Å². The zero-order valence-corrected chi connectivity index (χ0v) is 15.8. The van der Waals surface area contributed by atoms with Crippen LogP contribution in [0.2, 0.25) is 0 Å². The van der Waals surface area contributed by atoms with Crippen LogP contribution in [-0.4, -0.2) is 51.2 Å². The number of amides is 1. The van der Waals surface area contributed by atoms with Gasteiger partial charge in [0.1, 0.15) is 0 Å². The molecule has 0 radical (unpaired) electrons. The van der Waals surface area contributed by atoms with Gasteiger partial charge in [-0.15, -0.1) is 0 Å². The van der Waals surface area contributed by atoms with Crippen LogP contribution < -0.4 is 15.4 Å². The number of aliphatic hydroxyl groups excluding tert-OH is 1. The Balaban J connectivity index is 1.61. The average molecular weight is 381 g/mol. The third-order valence-electron chi connectivity index (χ3n) is 5.70. The molecular weight excluding hydrogens is 354 g/mol. The lowest BCUT2D eigenvalue weighted by molar-refractivity contribution is 0.0850. The third-order valence-corrected chi connectivity index (χ3v) is 7.21. The van der Waals surface area contributed by atoms with Crippen LogP contribution in [0.4, 0.5) is 0 Å². The van der Waals surface area contributed by atoms with Gasteiger partial charge in [-0.3, -0.25) is 4.79 Å². The molecule has 1 heterocycles. The normalized spacial score (nSPS) is 24.8. The quantitative estimate of drug-likeness (QED) is 0.553. The number of rotatable bonds is 7. The summed E-state index contributed by atoms with van der Waals surface area (Å²) in [6, 6.07) is 5.34. The Hall–Kier alpha value is -1.48. The highest BCUT2D eigenvalue weighted by Gasteiger charge is 2.35. The SMILES string of the molecule is CCC1(CNC(=O)c2ccc(S(=O)(=O)N[C@@H]3CNC[C@H]3O)cc2)CCC1. The van der Waals surface area contributed by atoms with E-state index in [1.165, 1.54) is 30.7 Å².